The molecular weight excluding hydrogens is 384 g/mol. The van der Waals surface area contributed by atoms with Crippen molar-refractivity contribution in [2.45, 2.75) is 39.3 Å². The summed E-state index contributed by atoms with van der Waals surface area (Å²) in [7, 11) is 1.62. The highest BCUT2D eigenvalue weighted by molar-refractivity contribution is 5.95. The quantitative estimate of drug-likeness (QED) is 0.619. The number of rotatable bonds is 8. The van der Waals surface area contributed by atoms with E-state index in [1.807, 2.05) is 24.3 Å². The van der Waals surface area contributed by atoms with Crippen molar-refractivity contribution in [3.05, 3.63) is 58.9 Å². The van der Waals surface area contributed by atoms with Gasteiger partial charge < -0.3 is 19.1 Å². The molecule has 2 aromatic rings. The van der Waals surface area contributed by atoms with E-state index in [0.29, 0.717) is 31.0 Å². The van der Waals surface area contributed by atoms with Gasteiger partial charge in [0.25, 0.3) is 5.91 Å². The summed E-state index contributed by atoms with van der Waals surface area (Å²) in [5.74, 6) is 0.0751. The molecule has 7 nitrogen and oxygen atoms in total. The van der Waals surface area contributed by atoms with Crippen molar-refractivity contribution in [3.8, 4) is 5.75 Å². The van der Waals surface area contributed by atoms with Gasteiger partial charge in [0.15, 0.2) is 0 Å². The third-order valence-corrected chi connectivity index (χ3v) is 5.09. The van der Waals surface area contributed by atoms with Gasteiger partial charge in [0.2, 0.25) is 0 Å². The molecule has 1 amide bonds. The first kappa shape index (κ1) is 21.8. The summed E-state index contributed by atoms with van der Waals surface area (Å²) in [6, 6.07) is 10.8. The molecule has 1 saturated heterocycles. The number of carbonyl (C=O) groups excluding carboxylic acids is 2. The highest BCUT2D eigenvalue weighted by Gasteiger charge is 2.26. The van der Waals surface area contributed by atoms with Crippen LogP contribution in [0.2, 0.25) is 0 Å². The van der Waals surface area contributed by atoms with Crippen LogP contribution >= 0.6 is 0 Å². The molecule has 160 valence electrons. The fourth-order valence-electron chi connectivity index (χ4n) is 3.56. The van der Waals surface area contributed by atoms with Crippen molar-refractivity contribution in [1.82, 2.24) is 9.88 Å². The van der Waals surface area contributed by atoms with Crippen LogP contribution in [0.5, 0.6) is 5.75 Å². The summed E-state index contributed by atoms with van der Waals surface area (Å²) in [5, 5.41) is 0. The number of para-hydroxylation sites is 1. The Hall–Kier alpha value is -2.93. The maximum atomic E-state index is 13.3. The number of aromatic nitrogens is 1. The van der Waals surface area contributed by atoms with Gasteiger partial charge in [0.1, 0.15) is 11.4 Å². The van der Waals surface area contributed by atoms with Crippen LogP contribution in [-0.2, 0) is 16.0 Å². The molecule has 0 radical (unpaired) electrons. The molecule has 0 aliphatic carbocycles. The van der Waals surface area contributed by atoms with Gasteiger partial charge in [-0.3, -0.25) is 4.79 Å². The van der Waals surface area contributed by atoms with Gasteiger partial charge in [-0.05, 0) is 44.9 Å². The van der Waals surface area contributed by atoms with E-state index in [0.717, 1.165) is 24.2 Å². The molecule has 0 spiro atoms. The minimum Gasteiger partial charge on any atom is -0.496 e. The van der Waals surface area contributed by atoms with E-state index in [1.165, 1.54) is 0 Å². The SMILES string of the molecule is CCOC(=O)c1ccc(C(=O)N(Cc2ccccc2OC)CC2CCCO2)nc1C. The van der Waals surface area contributed by atoms with Crippen LogP contribution in [0.25, 0.3) is 0 Å². The van der Waals surface area contributed by atoms with Crippen LogP contribution in [0.15, 0.2) is 36.4 Å². The molecule has 3 rings (SSSR count). The summed E-state index contributed by atoms with van der Waals surface area (Å²) >= 11 is 0. The molecule has 0 saturated carbocycles. The molecule has 1 aliphatic heterocycles. The van der Waals surface area contributed by atoms with Crippen LogP contribution in [-0.4, -0.2) is 54.7 Å². The third kappa shape index (κ3) is 5.16. The van der Waals surface area contributed by atoms with Gasteiger partial charge in [0.05, 0.1) is 31.1 Å². The molecule has 2 heterocycles. The molecule has 7 heteroatoms. The van der Waals surface area contributed by atoms with Crippen LogP contribution in [0.1, 0.15) is 51.9 Å². The Morgan fingerprint density at radius 3 is 2.70 bits per heavy atom. The van der Waals surface area contributed by atoms with Gasteiger partial charge in [-0.1, -0.05) is 18.2 Å². The zero-order chi connectivity index (χ0) is 21.5. The first-order valence-electron chi connectivity index (χ1n) is 10.2. The number of aryl methyl sites for hydroxylation is 1. The average molecular weight is 412 g/mol. The standard InChI is InChI=1S/C23H28N2O5/c1-4-29-23(27)19-11-12-20(24-16(19)2)22(26)25(15-18-9-7-13-30-18)14-17-8-5-6-10-21(17)28-3/h5-6,8,10-12,18H,4,7,9,13-15H2,1-3H3. The van der Waals surface area contributed by atoms with Crippen LogP contribution in [0.3, 0.4) is 0 Å². The highest BCUT2D eigenvalue weighted by atomic mass is 16.5. The van der Waals surface area contributed by atoms with E-state index in [1.54, 1.807) is 38.0 Å². The molecule has 1 aliphatic rings. The Kier molecular flexibility index (Phi) is 7.41. The Morgan fingerprint density at radius 1 is 1.23 bits per heavy atom. The molecule has 1 atom stereocenters. The van der Waals surface area contributed by atoms with Gasteiger partial charge in [-0.25, -0.2) is 9.78 Å². The number of amides is 1. The van der Waals surface area contributed by atoms with Crippen molar-refractivity contribution in [2.75, 3.05) is 26.9 Å². The number of ether oxygens (including phenoxy) is 3. The summed E-state index contributed by atoms with van der Waals surface area (Å²) in [4.78, 5) is 31.5. The molecule has 0 bridgehead atoms. The summed E-state index contributed by atoms with van der Waals surface area (Å²) in [5.41, 5.74) is 2.03. The Morgan fingerprint density at radius 2 is 2.03 bits per heavy atom. The lowest BCUT2D eigenvalue weighted by molar-refractivity contribution is 0.0497. The maximum absolute atomic E-state index is 13.3. The fraction of sp³-hybridized carbons (Fsp3) is 0.435. The predicted molar refractivity (Wildman–Crippen MR) is 112 cm³/mol. The number of esters is 1. The Balaban J connectivity index is 1.85. The van der Waals surface area contributed by atoms with Gasteiger partial charge >= 0.3 is 5.97 Å². The zero-order valence-corrected chi connectivity index (χ0v) is 17.7. The van der Waals surface area contributed by atoms with E-state index in [-0.39, 0.29) is 24.3 Å². The number of hydrogen-bond donors (Lipinski definition) is 0. The van der Waals surface area contributed by atoms with Crippen molar-refractivity contribution in [1.29, 1.82) is 0 Å². The number of pyridine rings is 1. The first-order valence-corrected chi connectivity index (χ1v) is 10.2. The molecule has 1 aromatic carbocycles. The fourth-order valence-corrected chi connectivity index (χ4v) is 3.56. The average Bonchev–Trinajstić information content (AvgIpc) is 3.26. The maximum Gasteiger partial charge on any atom is 0.339 e. The lowest BCUT2D eigenvalue weighted by atomic mass is 10.1. The summed E-state index contributed by atoms with van der Waals surface area (Å²) in [6.07, 6.45) is 1.92. The van der Waals surface area contributed by atoms with Crippen molar-refractivity contribution in [2.24, 2.45) is 0 Å². The first-order chi connectivity index (χ1) is 14.5. The molecule has 0 N–H and O–H groups in total. The largest absolute Gasteiger partial charge is 0.496 e. The van der Waals surface area contributed by atoms with Crippen LogP contribution in [0.4, 0.5) is 0 Å². The lowest BCUT2D eigenvalue weighted by Gasteiger charge is -2.26. The molecule has 1 aromatic heterocycles. The normalized spacial score (nSPS) is 15.6. The van der Waals surface area contributed by atoms with Crippen LogP contribution in [0, 0.1) is 6.92 Å². The topological polar surface area (TPSA) is 78.0 Å². The van der Waals surface area contributed by atoms with Crippen LogP contribution < -0.4 is 4.74 Å². The number of benzene rings is 1. The second-order valence-electron chi connectivity index (χ2n) is 7.18. The van der Waals surface area contributed by atoms with E-state index in [4.69, 9.17) is 14.2 Å². The predicted octanol–water partition coefficient (Wildman–Crippen LogP) is 3.40. The Labute approximate surface area is 177 Å². The van der Waals surface area contributed by atoms with Gasteiger partial charge in [-0.2, -0.15) is 0 Å². The minimum absolute atomic E-state index is 0.00330. The summed E-state index contributed by atoms with van der Waals surface area (Å²) in [6.45, 7) is 5.30. The number of nitrogens with zero attached hydrogens (tertiary/aromatic N) is 2. The van der Waals surface area contributed by atoms with Gasteiger partial charge in [0, 0.05) is 25.3 Å². The van der Waals surface area contributed by atoms with E-state index in [9.17, 15) is 9.59 Å². The summed E-state index contributed by atoms with van der Waals surface area (Å²) < 4.78 is 16.3. The second kappa shape index (κ2) is 10.2. The van der Waals surface area contributed by atoms with E-state index in [2.05, 4.69) is 4.98 Å². The van der Waals surface area contributed by atoms with Crippen molar-refractivity contribution >= 4 is 11.9 Å². The molecule has 1 unspecified atom stereocenters. The smallest absolute Gasteiger partial charge is 0.339 e. The van der Waals surface area contributed by atoms with Crippen molar-refractivity contribution < 1.29 is 23.8 Å². The van der Waals surface area contributed by atoms with Crippen molar-refractivity contribution in [3.63, 3.8) is 0 Å². The third-order valence-electron chi connectivity index (χ3n) is 5.09. The second-order valence-corrected chi connectivity index (χ2v) is 7.18. The molecule has 30 heavy (non-hydrogen) atoms. The molecule has 1 fully saturated rings. The number of carbonyl (C=O) groups is 2. The number of hydrogen-bond acceptors (Lipinski definition) is 6. The van der Waals surface area contributed by atoms with Gasteiger partial charge in [-0.15, -0.1) is 0 Å². The lowest BCUT2D eigenvalue weighted by Crippen LogP contribution is -2.37. The highest BCUT2D eigenvalue weighted by Crippen LogP contribution is 2.22. The van der Waals surface area contributed by atoms with E-state index >= 15 is 0 Å². The van der Waals surface area contributed by atoms with E-state index < -0.39 is 5.97 Å². The molecular formula is C23H28N2O5. The zero-order valence-electron chi connectivity index (χ0n) is 17.7. The minimum atomic E-state index is -0.438. The number of methoxy groups -OCH3 is 1. The Bertz CT molecular complexity index is 893. The monoisotopic (exact) mass is 412 g/mol.